The average molecular weight is 413 g/mol. The summed E-state index contributed by atoms with van der Waals surface area (Å²) in [5, 5.41) is 2.66. The molecule has 2 amide bonds. The second-order valence-corrected chi connectivity index (χ2v) is 7.91. The second kappa shape index (κ2) is 9.99. The van der Waals surface area contributed by atoms with Gasteiger partial charge in [0.05, 0.1) is 4.90 Å². The third-order valence-corrected chi connectivity index (χ3v) is 5.92. The van der Waals surface area contributed by atoms with Crippen LogP contribution in [0.1, 0.15) is 5.56 Å². The molecule has 0 radical (unpaired) electrons. The fourth-order valence-corrected chi connectivity index (χ4v) is 4.09. The third kappa shape index (κ3) is 5.75. The topological polar surface area (TPSA) is 79.0 Å². The molecule has 2 aromatic carbocycles. The molecule has 1 aliphatic heterocycles. The van der Waals surface area contributed by atoms with Crippen molar-refractivity contribution < 1.29 is 18.5 Å². The van der Waals surface area contributed by atoms with Crippen molar-refractivity contribution in [3.05, 3.63) is 72.8 Å². The Hall–Kier alpha value is -2.97. The van der Waals surface area contributed by atoms with E-state index >= 15 is 0 Å². The lowest BCUT2D eigenvalue weighted by Gasteiger charge is -2.33. The van der Waals surface area contributed by atoms with E-state index in [1.165, 1.54) is 6.08 Å². The second-order valence-electron chi connectivity index (χ2n) is 6.43. The first-order chi connectivity index (χ1) is 14.1. The third-order valence-electron chi connectivity index (χ3n) is 4.43. The molecule has 0 aliphatic carbocycles. The Morgan fingerprint density at radius 2 is 1.79 bits per heavy atom. The van der Waals surface area contributed by atoms with Gasteiger partial charge in [0, 0.05) is 31.9 Å². The number of hydrogen-bond acceptors (Lipinski definition) is 4. The van der Waals surface area contributed by atoms with Crippen LogP contribution in [-0.4, -0.2) is 51.6 Å². The van der Waals surface area contributed by atoms with E-state index in [0.717, 1.165) is 5.56 Å². The van der Waals surface area contributed by atoms with E-state index < -0.39 is 11.0 Å². The van der Waals surface area contributed by atoms with Gasteiger partial charge in [-0.2, -0.15) is 0 Å². The van der Waals surface area contributed by atoms with E-state index in [1.54, 1.807) is 33.5 Å². The van der Waals surface area contributed by atoms with Crippen molar-refractivity contribution in [1.29, 1.82) is 0 Å². The molecule has 0 aromatic heterocycles. The van der Waals surface area contributed by atoms with Crippen molar-refractivity contribution in [2.75, 3.05) is 31.5 Å². The van der Waals surface area contributed by atoms with Crippen LogP contribution in [-0.2, 0) is 27.1 Å². The molecular weight excluding hydrogens is 390 g/mol. The first kappa shape index (κ1) is 20.8. The van der Waals surface area contributed by atoms with Crippen LogP contribution < -0.4 is 5.32 Å². The number of benzene rings is 2. The summed E-state index contributed by atoms with van der Waals surface area (Å²) < 4.78 is 20.0. The van der Waals surface area contributed by atoms with E-state index in [-0.39, 0.29) is 18.6 Å². The fraction of sp³-hybridized carbons (Fsp3) is 0.238. The highest BCUT2D eigenvalue weighted by molar-refractivity contribution is 7.82. The van der Waals surface area contributed by atoms with Crippen LogP contribution in [0, 0.1) is 0 Å². The molecule has 1 N–H and O–H groups in total. The molecule has 0 spiro atoms. The molecule has 7 nitrogen and oxygen atoms in total. The summed E-state index contributed by atoms with van der Waals surface area (Å²) >= 11 is 0. The van der Waals surface area contributed by atoms with Gasteiger partial charge in [-0.25, -0.2) is 13.3 Å². The number of amides is 2. The number of nitrogens with one attached hydrogen (secondary N) is 1. The van der Waals surface area contributed by atoms with Gasteiger partial charge in [-0.3, -0.25) is 4.79 Å². The Morgan fingerprint density at radius 1 is 1.07 bits per heavy atom. The number of ether oxygens (including phenoxy) is 1. The van der Waals surface area contributed by atoms with Gasteiger partial charge >= 0.3 is 6.09 Å². The SMILES string of the molecule is C=CC(=O)Nc1cccc(S(=O)N2CCN(C(=O)OCc3ccccc3)CC2)c1. The number of carbonyl (C=O) groups excluding carboxylic acids is 2. The van der Waals surface area contributed by atoms with Gasteiger partial charge in [-0.1, -0.05) is 43.0 Å². The number of rotatable bonds is 6. The van der Waals surface area contributed by atoms with Crippen LogP contribution in [0.2, 0.25) is 0 Å². The predicted molar refractivity (Wildman–Crippen MR) is 111 cm³/mol. The number of piperazine rings is 1. The normalized spacial score (nSPS) is 15.4. The molecule has 1 unspecified atom stereocenters. The monoisotopic (exact) mass is 413 g/mol. The maximum Gasteiger partial charge on any atom is 0.410 e. The zero-order chi connectivity index (χ0) is 20.6. The van der Waals surface area contributed by atoms with Crippen molar-refractivity contribution in [3.8, 4) is 0 Å². The number of hydrogen-bond donors (Lipinski definition) is 1. The number of carbonyl (C=O) groups is 2. The van der Waals surface area contributed by atoms with Gasteiger partial charge in [0.1, 0.15) is 17.6 Å². The van der Waals surface area contributed by atoms with Crippen molar-refractivity contribution in [2.45, 2.75) is 11.5 Å². The van der Waals surface area contributed by atoms with E-state index in [1.807, 2.05) is 30.3 Å². The molecule has 2 aromatic rings. The smallest absolute Gasteiger partial charge is 0.410 e. The lowest BCUT2D eigenvalue weighted by Crippen LogP contribution is -2.49. The van der Waals surface area contributed by atoms with Crippen molar-refractivity contribution in [1.82, 2.24) is 9.21 Å². The summed E-state index contributed by atoms with van der Waals surface area (Å²) in [6, 6.07) is 16.4. The zero-order valence-corrected chi connectivity index (χ0v) is 16.8. The molecule has 0 saturated carbocycles. The minimum absolute atomic E-state index is 0.231. The lowest BCUT2D eigenvalue weighted by molar-refractivity contribution is -0.111. The zero-order valence-electron chi connectivity index (χ0n) is 16.0. The highest BCUT2D eigenvalue weighted by Gasteiger charge is 2.26. The van der Waals surface area contributed by atoms with Crippen molar-refractivity contribution in [2.24, 2.45) is 0 Å². The Labute approximate surface area is 172 Å². The van der Waals surface area contributed by atoms with Crippen LogP contribution >= 0.6 is 0 Å². The minimum Gasteiger partial charge on any atom is -0.445 e. The summed E-state index contributed by atoms with van der Waals surface area (Å²) in [6.45, 7) is 5.46. The average Bonchev–Trinajstić information content (AvgIpc) is 2.78. The summed E-state index contributed by atoms with van der Waals surface area (Å²) in [5.74, 6) is -0.324. The number of nitrogens with zero attached hydrogens (tertiary/aromatic N) is 2. The van der Waals surface area contributed by atoms with Gasteiger partial charge in [-0.05, 0) is 29.8 Å². The van der Waals surface area contributed by atoms with Gasteiger partial charge in [0.15, 0.2) is 0 Å². The molecule has 1 atom stereocenters. The molecule has 8 heteroatoms. The van der Waals surface area contributed by atoms with Gasteiger partial charge in [0.25, 0.3) is 0 Å². The summed E-state index contributed by atoms with van der Waals surface area (Å²) in [7, 11) is -1.38. The molecule has 3 rings (SSSR count). The van der Waals surface area contributed by atoms with Crippen molar-refractivity contribution >= 4 is 28.7 Å². The van der Waals surface area contributed by atoms with E-state index in [0.29, 0.717) is 36.8 Å². The standard InChI is InChI=1S/C21H23N3O4S/c1-2-20(25)22-18-9-6-10-19(15-18)29(27)24-13-11-23(12-14-24)21(26)28-16-17-7-4-3-5-8-17/h2-10,15H,1,11-14,16H2,(H,22,25). The molecule has 29 heavy (non-hydrogen) atoms. The molecule has 1 aliphatic rings. The molecule has 1 heterocycles. The summed E-state index contributed by atoms with van der Waals surface area (Å²) in [6.07, 6.45) is 0.813. The highest BCUT2D eigenvalue weighted by Crippen LogP contribution is 2.18. The van der Waals surface area contributed by atoms with Gasteiger partial charge < -0.3 is 15.0 Å². The predicted octanol–water partition coefficient (Wildman–Crippen LogP) is 2.79. The summed E-state index contributed by atoms with van der Waals surface area (Å²) in [5.41, 5.74) is 1.49. The highest BCUT2D eigenvalue weighted by atomic mass is 32.2. The molecule has 1 saturated heterocycles. The summed E-state index contributed by atoms with van der Waals surface area (Å²) in [4.78, 5) is 25.9. The first-order valence-corrected chi connectivity index (χ1v) is 10.3. The Morgan fingerprint density at radius 3 is 2.48 bits per heavy atom. The Kier molecular flexibility index (Phi) is 7.15. The molecule has 1 fully saturated rings. The van der Waals surface area contributed by atoms with Crippen LogP contribution in [0.25, 0.3) is 0 Å². The van der Waals surface area contributed by atoms with E-state index in [2.05, 4.69) is 11.9 Å². The quantitative estimate of drug-likeness (QED) is 0.739. The van der Waals surface area contributed by atoms with Crippen LogP contribution in [0.5, 0.6) is 0 Å². The fourth-order valence-electron chi connectivity index (χ4n) is 2.87. The lowest BCUT2D eigenvalue weighted by atomic mass is 10.2. The minimum atomic E-state index is -1.38. The van der Waals surface area contributed by atoms with Crippen LogP contribution in [0.15, 0.2) is 72.1 Å². The van der Waals surface area contributed by atoms with E-state index in [4.69, 9.17) is 4.74 Å². The molecule has 0 bridgehead atoms. The van der Waals surface area contributed by atoms with Crippen LogP contribution in [0.4, 0.5) is 10.5 Å². The molecule has 152 valence electrons. The van der Waals surface area contributed by atoms with Gasteiger partial charge in [0.2, 0.25) is 5.91 Å². The van der Waals surface area contributed by atoms with Crippen LogP contribution in [0.3, 0.4) is 0 Å². The molecular formula is C21H23N3O4S. The Balaban J connectivity index is 1.51. The number of anilines is 1. The maximum absolute atomic E-state index is 12.9. The van der Waals surface area contributed by atoms with Gasteiger partial charge in [-0.15, -0.1) is 0 Å². The van der Waals surface area contributed by atoms with Crippen molar-refractivity contribution in [3.63, 3.8) is 0 Å². The first-order valence-electron chi connectivity index (χ1n) is 9.23. The largest absolute Gasteiger partial charge is 0.445 e. The Bertz CT molecular complexity index is 896. The van der Waals surface area contributed by atoms with E-state index in [9.17, 15) is 13.8 Å². The maximum atomic E-state index is 12.9.